The molecule has 0 atom stereocenters. The number of fused-ring (bicyclic) bond motifs is 1. The van der Waals surface area contributed by atoms with Crippen LogP contribution in [0.5, 0.6) is 0 Å². The normalized spacial score (nSPS) is 15.7. The number of carbonyl (C=O) groups excluding carboxylic acids is 1. The molecular formula is C7H8N2O2S. The number of hydrogen-bond acceptors (Lipinski definition) is 4. The van der Waals surface area contributed by atoms with E-state index in [0.717, 1.165) is 17.0 Å². The molecule has 0 aromatic carbocycles. The Labute approximate surface area is 73.4 Å². The molecule has 1 amide bonds. The lowest BCUT2D eigenvalue weighted by Crippen LogP contribution is -2.11. The van der Waals surface area contributed by atoms with E-state index < -0.39 is 5.91 Å². The fourth-order valence-electron chi connectivity index (χ4n) is 1.13. The molecule has 1 aromatic heterocycles. The second-order valence-corrected chi connectivity index (χ2v) is 3.64. The van der Waals surface area contributed by atoms with E-state index in [1.807, 2.05) is 0 Å². The third kappa shape index (κ3) is 1.21. The molecule has 2 rings (SSSR count). The Morgan fingerprint density at radius 2 is 2.50 bits per heavy atom. The van der Waals surface area contributed by atoms with Gasteiger partial charge in [0.15, 0.2) is 5.01 Å². The maximum Gasteiger partial charge on any atom is 0.277 e. The molecule has 0 bridgehead atoms. The lowest BCUT2D eigenvalue weighted by molar-refractivity contribution is 0.0998. The number of thiazole rings is 1. The molecule has 2 heterocycles. The van der Waals surface area contributed by atoms with Gasteiger partial charge in [-0.05, 0) is 0 Å². The van der Waals surface area contributed by atoms with Crippen molar-refractivity contribution in [3.8, 4) is 0 Å². The summed E-state index contributed by atoms with van der Waals surface area (Å²) in [7, 11) is 0. The number of ether oxygens (including phenoxy) is 1. The summed E-state index contributed by atoms with van der Waals surface area (Å²) >= 11 is 1.33. The number of carbonyl (C=O) groups is 1. The molecule has 0 saturated heterocycles. The molecular weight excluding hydrogens is 176 g/mol. The molecule has 0 aliphatic carbocycles. The summed E-state index contributed by atoms with van der Waals surface area (Å²) in [4.78, 5) is 15.9. The fourth-order valence-corrected chi connectivity index (χ4v) is 2.03. The number of primary amides is 1. The summed E-state index contributed by atoms with van der Waals surface area (Å²) in [6, 6.07) is 0. The van der Waals surface area contributed by atoms with Gasteiger partial charge in [-0.25, -0.2) is 4.98 Å². The van der Waals surface area contributed by atoms with Crippen LogP contribution in [0.4, 0.5) is 0 Å². The number of rotatable bonds is 1. The lowest BCUT2D eigenvalue weighted by atomic mass is 10.2. The zero-order valence-electron chi connectivity index (χ0n) is 6.37. The number of nitrogens with zero attached hydrogens (tertiary/aromatic N) is 1. The maximum atomic E-state index is 10.7. The molecule has 5 heteroatoms. The molecule has 12 heavy (non-hydrogen) atoms. The zero-order valence-corrected chi connectivity index (χ0v) is 7.19. The summed E-state index contributed by atoms with van der Waals surface area (Å²) in [5, 5.41) is 0.394. The van der Waals surface area contributed by atoms with Gasteiger partial charge in [-0.3, -0.25) is 4.79 Å². The molecule has 1 aliphatic heterocycles. The van der Waals surface area contributed by atoms with Crippen molar-refractivity contribution in [1.82, 2.24) is 4.98 Å². The highest BCUT2D eigenvalue weighted by Crippen LogP contribution is 2.22. The number of amides is 1. The lowest BCUT2D eigenvalue weighted by Gasteiger charge is -2.08. The molecule has 0 spiro atoms. The Morgan fingerprint density at radius 3 is 3.17 bits per heavy atom. The van der Waals surface area contributed by atoms with Crippen LogP contribution in [0.2, 0.25) is 0 Å². The minimum atomic E-state index is -0.450. The second kappa shape index (κ2) is 2.84. The molecule has 0 unspecified atom stereocenters. The third-order valence-electron chi connectivity index (χ3n) is 1.71. The van der Waals surface area contributed by atoms with Crippen LogP contribution in [0, 0.1) is 0 Å². The Kier molecular flexibility index (Phi) is 1.82. The first-order valence-electron chi connectivity index (χ1n) is 3.63. The van der Waals surface area contributed by atoms with Gasteiger partial charge in [0.1, 0.15) is 0 Å². The first-order chi connectivity index (χ1) is 5.77. The van der Waals surface area contributed by atoms with Crippen LogP contribution in [0.3, 0.4) is 0 Å². The van der Waals surface area contributed by atoms with Gasteiger partial charge in [0.25, 0.3) is 5.91 Å². The van der Waals surface area contributed by atoms with Crippen molar-refractivity contribution in [1.29, 1.82) is 0 Å². The molecule has 4 nitrogen and oxygen atoms in total. The molecule has 0 saturated carbocycles. The van der Waals surface area contributed by atoms with Crippen molar-refractivity contribution in [2.75, 3.05) is 6.61 Å². The predicted octanol–water partition coefficient (Wildman–Crippen LogP) is 0.315. The van der Waals surface area contributed by atoms with E-state index in [0.29, 0.717) is 18.2 Å². The highest BCUT2D eigenvalue weighted by atomic mass is 32.1. The van der Waals surface area contributed by atoms with Crippen LogP contribution >= 0.6 is 11.3 Å². The summed E-state index contributed by atoms with van der Waals surface area (Å²) in [5.41, 5.74) is 6.07. The first-order valence-corrected chi connectivity index (χ1v) is 4.45. The van der Waals surface area contributed by atoms with Crippen molar-refractivity contribution >= 4 is 17.2 Å². The van der Waals surface area contributed by atoms with E-state index in [9.17, 15) is 4.79 Å². The van der Waals surface area contributed by atoms with Gasteiger partial charge in [-0.2, -0.15) is 0 Å². The van der Waals surface area contributed by atoms with E-state index >= 15 is 0 Å². The fraction of sp³-hybridized carbons (Fsp3) is 0.429. The minimum absolute atomic E-state index is 0.394. The molecule has 1 aromatic rings. The topological polar surface area (TPSA) is 65.2 Å². The van der Waals surface area contributed by atoms with Crippen LogP contribution in [0.15, 0.2) is 0 Å². The smallest absolute Gasteiger partial charge is 0.277 e. The first kappa shape index (κ1) is 7.70. The van der Waals surface area contributed by atoms with E-state index in [1.54, 1.807) is 0 Å². The molecule has 64 valence electrons. The van der Waals surface area contributed by atoms with Crippen molar-refractivity contribution in [2.24, 2.45) is 5.73 Å². The van der Waals surface area contributed by atoms with Crippen LogP contribution < -0.4 is 5.73 Å². The van der Waals surface area contributed by atoms with E-state index in [4.69, 9.17) is 10.5 Å². The Bertz CT molecular complexity index is 298. The maximum absolute atomic E-state index is 10.7. The average Bonchev–Trinajstić information content (AvgIpc) is 2.46. The van der Waals surface area contributed by atoms with Gasteiger partial charge in [-0.15, -0.1) is 11.3 Å². The monoisotopic (exact) mass is 184 g/mol. The van der Waals surface area contributed by atoms with Gasteiger partial charge < -0.3 is 10.5 Å². The van der Waals surface area contributed by atoms with Gasteiger partial charge in [0, 0.05) is 6.42 Å². The van der Waals surface area contributed by atoms with Crippen LogP contribution in [0.1, 0.15) is 20.4 Å². The zero-order chi connectivity index (χ0) is 8.55. The Balaban J connectivity index is 2.38. The predicted molar refractivity (Wildman–Crippen MR) is 44.0 cm³/mol. The highest BCUT2D eigenvalue weighted by Gasteiger charge is 2.17. The van der Waals surface area contributed by atoms with Crippen molar-refractivity contribution in [3.63, 3.8) is 0 Å². The number of aromatic nitrogens is 1. The highest BCUT2D eigenvalue weighted by molar-refractivity contribution is 7.13. The largest absolute Gasteiger partial charge is 0.375 e. The van der Waals surface area contributed by atoms with Crippen molar-refractivity contribution in [2.45, 2.75) is 13.0 Å². The van der Waals surface area contributed by atoms with Gasteiger partial charge in [0.2, 0.25) is 0 Å². The third-order valence-corrected chi connectivity index (χ3v) is 2.79. The van der Waals surface area contributed by atoms with Crippen molar-refractivity contribution in [3.05, 3.63) is 15.6 Å². The Morgan fingerprint density at radius 1 is 1.67 bits per heavy atom. The standard InChI is InChI=1S/C7H8N2O2S/c8-6(10)7-9-4-1-2-11-3-5(4)12-7/h1-3H2,(H2,8,10). The van der Waals surface area contributed by atoms with Gasteiger partial charge in [-0.1, -0.05) is 0 Å². The molecule has 0 fully saturated rings. The van der Waals surface area contributed by atoms with Gasteiger partial charge in [0.05, 0.1) is 23.8 Å². The van der Waals surface area contributed by atoms with E-state index in [2.05, 4.69) is 4.98 Å². The average molecular weight is 184 g/mol. The van der Waals surface area contributed by atoms with Gasteiger partial charge >= 0.3 is 0 Å². The summed E-state index contributed by atoms with van der Waals surface area (Å²) in [6.07, 6.45) is 0.791. The number of hydrogen-bond donors (Lipinski definition) is 1. The van der Waals surface area contributed by atoms with Crippen LogP contribution in [-0.2, 0) is 17.8 Å². The summed E-state index contributed by atoms with van der Waals surface area (Å²) < 4.78 is 5.21. The summed E-state index contributed by atoms with van der Waals surface area (Å²) in [5.74, 6) is -0.450. The number of nitrogens with two attached hydrogens (primary N) is 1. The summed E-state index contributed by atoms with van der Waals surface area (Å²) in [6.45, 7) is 1.26. The van der Waals surface area contributed by atoms with Crippen LogP contribution in [-0.4, -0.2) is 17.5 Å². The molecule has 1 aliphatic rings. The molecule has 0 radical (unpaired) electrons. The second-order valence-electron chi connectivity index (χ2n) is 2.56. The molecule has 2 N–H and O–H groups in total. The quantitative estimate of drug-likeness (QED) is 0.683. The van der Waals surface area contributed by atoms with E-state index in [1.165, 1.54) is 11.3 Å². The van der Waals surface area contributed by atoms with Crippen LogP contribution in [0.25, 0.3) is 0 Å². The minimum Gasteiger partial charge on any atom is -0.375 e. The van der Waals surface area contributed by atoms with E-state index in [-0.39, 0.29) is 0 Å². The van der Waals surface area contributed by atoms with Crippen molar-refractivity contribution < 1.29 is 9.53 Å². The SMILES string of the molecule is NC(=O)c1nc2c(s1)COCC2. The Hall–Kier alpha value is -0.940.